The second kappa shape index (κ2) is 31.3. The van der Waals surface area contributed by atoms with Gasteiger partial charge in [-0.1, -0.05) is 154 Å². The van der Waals surface area contributed by atoms with Gasteiger partial charge in [-0.15, -0.1) is 17.2 Å². The predicted octanol–water partition coefficient (Wildman–Crippen LogP) is 9.61. The Morgan fingerprint density at radius 3 is 1.60 bits per heavy atom. The molecule has 0 amide bonds. The summed E-state index contributed by atoms with van der Waals surface area (Å²) in [7, 11) is -7.22. The van der Waals surface area contributed by atoms with Crippen LogP contribution in [-0.2, 0) is 38.5 Å². The molecule has 2 aliphatic rings. The van der Waals surface area contributed by atoms with Gasteiger partial charge in [0.1, 0.15) is 22.8 Å². The van der Waals surface area contributed by atoms with E-state index in [9.17, 15) is 42.2 Å². The number of fused-ring (bicyclic) bond motifs is 2. The largest absolute Gasteiger partial charge is 1.00 e. The van der Waals surface area contributed by atoms with Crippen LogP contribution in [0.3, 0.4) is 0 Å². The van der Waals surface area contributed by atoms with Crippen LogP contribution in [0, 0.1) is 26.1 Å². The Hall–Kier alpha value is -5.61. The molecule has 19 heteroatoms. The molecule has 2 aliphatic heterocycles. The van der Waals surface area contributed by atoms with Crippen molar-refractivity contribution >= 4 is 64.2 Å². The van der Waals surface area contributed by atoms with Crippen molar-refractivity contribution in [1.29, 1.82) is 0 Å². The minimum absolute atomic E-state index is 0. The molecule has 0 bridgehead atoms. The number of likely N-dealkylation sites (tertiary alicyclic amines) is 2. The van der Waals surface area contributed by atoms with Crippen molar-refractivity contribution in [3.8, 4) is 11.5 Å². The summed E-state index contributed by atoms with van der Waals surface area (Å²) >= 11 is 5.44. The van der Waals surface area contributed by atoms with E-state index in [4.69, 9.17) is 21.1 Å². The van der Waals surface area contributed by atoms with Gasteiger partial charge in [-0.2, -0.15) is 0 Å². The summed E-state index contributed by atoms with van der Waals surface area (Å²) in [6.07, 6.45) is 4.01. The molecule has 8 aromatic carbocycles. The van der Waals surface area contributed by atoms with Crippen LogP contribution < -0.4 is 66.0 Å². The predicted molar refractivity (Wildman–Crippen MR) is 318 cm³/mol. The van der Waals surface area contributed by atoms with Gasteiger partial charge in [0.25, 0.3) is 11.4 Å². The number of benzene rings is 8. The summed E-state index contributed by atoms with van der Waals surface area (Å²) in [5.41, 5.74) is 1.83. The molecule has 82 heavy (non-hydrogen) atoms. The number of non-ortho nitro benzene ring substituents is 1. The number of hydrogen-bond acceptors (Lipinski definition) is 13. The molecular formula is C63H68ClKN4O11S2. The zero-order valence-corrected chi connectivity index (χ0v) is 52.2. The molecular weight excluding hydrogens is 1130 g/mol. The molecule has 0 aromatic heterocycles. The number of nitro groups is 2. The third-order valence-corrected chi connectivity index (χ3v) is 17.3. The third-order valence-electron chi connectivity index (χ3n) is 13.4. The molecule has 0 radical (unpaired) electrons. The van der Waals surface area contributed by atoms with Crippen LogP contribution in [-0.4, -0.2) is 86.2 Å². The summed E-state index contributed by atoms with van der Waals surface area (Å²) in [6.45, 7) is 11.3. The summed E-state index contributed by atoms with van der Waals surface area (Å²) < 4.78 is 62.3. The van der Waals surface area contributed by atoms with E-state index in [0.29, 0.717) is 34.3 Å². The number of nitro benzene ring substituents is 2. The minimum Gasteiger partial charge on any atom is -0.850 e. The Morgan fingerprint density at radius 1 is 0.585 bits per heavy atom. The van der Waals surface area contributed by atoms with Crippen LogP contribution in [0.4, 0.5) is 11.4 Å². The first kappa shape index (κ1) is 65.5. The van der Waals surface area contributed by atoms with Crippen molar-refractivity contribution in [1.82, 2.24) is 9.80 Å². The molecule has 2 heterocycles. The van der Waals surface area contributed by atoms with Gasteiger partial charge in [-0.3, -0.25) is 30.0 Å². The first-order valence-electron chi connectivity index (χ1n) is 26.8. The van der Waals surface area contributed by atoms with Crippen molar-refractivity contribution < 1.29 is 92.6 Å². The smallest absolute Gasteiger partial charge is 0.850 e. The molecule has 2 saturated heterocycles. The monoisotopic (exact) mass is 1190 g/mol. The van der Waals surface area contributed by atoms with Gasteiger partial charge in [0.05, 0.1) is 32.0 Å². The Kier molecular flexibility index (Phi) is 25.0. The Balaban J connectivity index is 0.000000205. The molecule has 1 atom stereocenters. The van der Waals surface area contributed by atoms with E-state index >= 15 is 0 Å². The molecule has 8 aromatic rings. The van der Waals surface area contributed by atoms with E-state index in [2.05, 4.69) is 46.2 Å². The van der Waals surface area contributed by atoms with E-state index in [1.54, 1.807) is 81.4 Å². The number of piperidine rings is 2. The first-order valence-corrected chi connectivity index (χ1v) is 30.6. The van der Waals surface area contributed by atoms with E-state index in [0.717, 1.165) is 81.1 Å². The SMILES string of the molecule is CC(C)(C)[O-].O=S(=O)(CCl)c1cccc2ccccc12.O=[N+]([O-])c1ccc(OC2CCCN(Cc3ccccc3)C2)cc1CS(=O)(=O)c1cccc2ccccc12.O=[N+]([O-])c1ccc(OCC2CCN(Cc3ccccc3)CC2)cc1.[K+]. The Labute approximate surface area is 528 Å². The van der Waals surface area contributed by atoms with Crippen LogP contribution in [0.15, 0.2) is 198 Å². The summed E-state index contributed by atoms with van der Waals surface area (Å²) in [5, 5.41) is 35.1. The molecule has 1 unspecified atom stereocenters. The van der Waals surface area contributed by atoms with Gasteiger partial charge in [0.2, 0.25) is 0 Å². The number of alkyl halides is 1. The van der Waals surface area contributed by atoms with E-state index < -0.39 is 40.9 Å². The number of rotatable bonds is 16. The van der Waals surface area contributed by atoms with Gasteiger partial charge in [0, 0.05) is 54.2 Å². The molecule has 0 spiro atoms. The van der Waals surface area contributed by atoms with E-state index in [1.165, 1.54) is 35.4 Å². The van der Waals surface area contributed by atoms with Crippen LogP contribution >= 0.6 is 11.6 Å². The van der Waals surface area contributed by atoms with Crippen molar-refractivity contribution in [2.45, 2.75) is 86.8 Å². The van der Waals surface area contributed by atoms with E-state index in [1.807, 2.05) is 66.7 Å². The normalized spacial score (nSPS) is 15.0. The standard InChI is InChI=1S/C29H28N2O5S.C19H22N2O3.C11H9ClO2S.C4H9O.K/c32-31(33)28-16-15-25(36-26-12-7-17-30(20-26)19-22-8-2-1-3-9-22)18-24(28)21-37(34,35)29-14-6-11-23-10-4-5-13-27(23)29;22-21(23)18-6-8-19(9-7-18)24-15-17-10-12-20(13-11-17)14-16-4-2-1-3-5-16;12-8-15(13,14)11-7-3-5-9-4-1-2-6-10(9)11;1-4(2,3)5;/h1-6,8-11,13-16,18,26H,7,12,17,19-21H2;1-9,17H,10-15H2;1-7H,8H2;1-3H3;/q;;;-1;+1. The molecule has 0 saturated carbocycles. The molecule has 0 N–H and O–H groups in total. The van der Waals surface area contributed by atoms with Gasteiger partial charge in [-0.05, 0) is 110 Å². The van der Waals surface area contributed by atoms with Crippen molar-refractivity contribution in [3.63, 3.8) is 0 Å². The number of sulfone groups is 2. The van der Waals surface area contributed by atoms with Gasteiger partial charge in [-0.25, -0.2) is 16.8 Å². The van der Waals surface area contributed by atoms with Crippen LogP contribution in [0.25, 0.3) is 21.5 Å². The molecule has 2 fully saturated rings. The fraction of sp³-hybridized carbons (Fsp3) is 0.302. The minimum atomic E-state index is -3.86. The third kappa shape index (κ3) is 20.3. The zero-order valence-electron chi connectivity index (χ0n) is 46.7. The number of nitrogens with zero attached hydrogens (tertiary/aromatic N) is 4. The topological polar surface area (TPSA) is 203 Å². The summed E-state index contributed by atoms with van der Waals surface area (Å²) in [4.78, 5) is 26.7. The average molecular weight is 1200 g/mol. The maximum Gasteiger partial charge on any atom is 1.00 e. The van der Waals surface area contributed by atoms with E-state index in [-0.39, 0.29) is 84.5 Å². The molecule has 0 aliphatic carbocycles. The maximum absolute atomic E-state index is 13.4. The van der Waals surface area contributed by atoms with Crippen LogP contribution in [0.5, 0.6) is 11.5 Å². The average Bonchev–Trinajstić information content (AvgIpc) is 3.53. The summed E-state index contributed by atoms with van der Waals surface area (Å²) in [6, 6.07) is 56.4. The zero-order chi connectivity index (χ0) is 58.0. The van der Waals surface area contributed by atoms with Gasteiger partial charge in [0.15, 0.2) is 19.7 Å². The first-order chi connectivity index (χ1) is 38.7. The van der Waals surface area contributed by atoms with Crippen molar-refractivity contribution in [2.24, 2.45) is 5.92 Å². The van der Waals surface area contributed by atoms with Crippen molar-refractivity contribution in [3.05, 3.63) is 225 Å². The quantitative estimate of drug-likeness (QED) is 0.0383. The Morgan fingerprint density at radius 2 is 1.07 bits per heavy atom. The van der Waals surface area contributed by atoms with Crippen LogP contribution in [0.2, 0.25) is 0 Å². The second-order valence-corrected chi connectivity index (χ2v) is 25.5. The molecule has 426 valence electrons. The summed E-state index contributed by atoms with van der Waals surface area (Å²) in [5.74, 6) is 1.21. The fourth-order valence-corrected chi connectivity index (χ4v) is 12.4. The number of hydrogen-bond donors (Lipinski definition) is 0. The van der Waals surface area contributed by atoms with Crippen molar-refractivity contribution in [2.75, 3.05) is 38.0 Å². The maximum atomic E-state index is 13.4. The number of halogens is 1. The Bertz CT molecular complexity index is 3550. The van der Waals surface area contributed by atoms with Gasteiger partial charge >= 0.3 is 51.4 Å². The number of ether oxygens (including phenoxy) is 2. The second-order valence-electron chi connectivity index (χ2n) is 21.0. The molecule has 15 nitrogen and oxygen atoms in total. The van der Waals surface area contributed by atoms with Gasteiger partial charge < -0.3 is 14.6 Å². The fourth-order valence-electron chi connectivity index (χ4n) is 9.52. The molecule has 10 rings (SSSR count). The van der Waals surface area contributed by atoms with Crippen LogP contribution in [0.1, 0.15) is 63.1 Å².